The van der Waals surface area contributed by atoms with Crippen LogP contribution in [0.4, 0.5) is 0 Å². The monoisotopic (exact) mass is 335 g/mol. The molecule has 1 aliphatic rings. The summed E-state index contributed by atoms with van der Waals surface area (Å²) in [6.45, 7) is 7.39. The summed E-state index contributed by atoms with van der Waals surface area (Å²) in [5.41, 5.74) is 4.41. The normalized spacial score (nSPS) is 17.8. The lowest BCUT2D eigenvalue weighted by Gasteiger charge is -2.31. The van der Waals surface area contributed by atoms with Gasteiger partial charge in [0.15, 0.2) is 0 Å². The number of esters is 1. The van der Waals surface area contributed by atoms with Gasteiger partial charge in [0.25, 0.3) is 0 Å². The van der Waals surface area contributed by atoms with Crippen molar-refractivity contribution in [3.8, 4) is 0 Å². The highest BCUT2D eigenvalue weighted by atomic mass is 16.5. The number of nitrogens with zero attached hydrogens (tertiary/aromatic N) is 1. The summed E-state index contributed by atoms with van der Waals surface area (Å²) in [6.07, 6.45) is 2.29. The number of carbonyl (C=O) groups is 1. The fourth-order valence-corrected chi connectivity index (χ4v) is 3.40. The lowest BCUT2D eigenvalue weighted by molar-refractivity contribution is 0.0526. The first kappa shape index (κ1) is 17.4. The number of hydrogen-bond acceptors (Lipinski definition) is 3. The highest BCUT2D eigenvalue weighted by Crippen LogP contribution is 2.29. The molecule has 3 rings (SSSR count). The van der Waals surface area contributed by atoms with Crippen molar-refractivity contribution < 1.29 is 9.53 Å². The average Bonchev–Trinajstić information content (AvgIpc) is 2.63. The lowest BCUT2D eigenvalue weighted by atomic mass is 9.89. The Bertz CT molecular complexity index is 752. The summed E-state index contributed by atoms with van der Waals surface area (Å²) in [5, 5.41) is 0. The van der Waals surface area contributed by atoms with Crippen molar-refractivity contribution in [2.75, 3.05) is 19.7 Å². The second-order valence-electron chi connectivity index (χ2n) is 6.54. The van der Waals surface area contributed by atoms with Crippen LogP contribution in [-0.2, 0) is 11.3 Å². The van der Waals surface area contributed by atoms with Gasteiger partial charge >= 0.3 is 5.97 Å². The van der Waals surface area contributed by atoms with E-state index in [1.807, 2.05) is 25.1 Å². The molecule has 0 bridgehead atoms. The molecule has 2 aromatic rings. The second kappa shape index (κ2) is 8.13. The number of ether oxygens (including phenoxy) is 1. The zero-order chi connectivity index (χ0) is 17.6. The first-order valence-electron chi connectivity index (χ1n) is 8.91. The number of rotatable bonds is 5. The van der Waals surface area contributed by atoms with E-state index < -0.39 is 0 Å². The Kier molecular flexibility index (Phi) is 5.67. The quantitative estimate of drug-likeness (QED) is 0.759. The molecule has 0 aromatic heterocycles. The molecule has 0 radical (unpaired) electrons. The van der Waals surface area contributed by atoms with Crippen LogP contribution in [0.1, 0.15) is 35.3 Å². The van der Waals surface area contributed by atoms with E-state index in [1.54, 1.807) is 0 Å². The van der Waals surface area contributed by atoms with Gasteiger partial charge in [-0.3, -0.25) is 4.90 Å². The van der Waals surface area contributed by atoms with Crippen LogP contribution in [0.15, 0.2) is 60.7 Å². The van der Waals surface area contributed by atoms with E-state index in [9.17, 15) is 4.79 Å². The van der Waals surface area contributed by atoms with Crippen molar-refractivity contribution in [2.45, 2.75) is 20.4 Å². The summed E-state index contributed by atoms with van der Waals surface area (Å²) < 4.78 is 5.11. The summed E-state index contributed by atoms with van der Waals surface area (Å²) in [5.74, 6) is 0.175. The highest BCUT2D eigenvalue weighted by molar-refractivity contribution is 5.90. The van der Waals surface area contributed by atoms with Crippen molar-refractivity contribution in [3.63, 3.8) is 0 Å². The maximum absolute atomic E-state index is 12.0. The Morgan fingerprint density at radius 1 is 1.16 bits per heavy atom. The lowest BCUT2D eigenvalue weighted by Crippen LogP contribution is -2.32. The molecule has 3 heteroatoms. The van der Waals surface area contributed by atoms with Gasteiger partial charge in [-0.05, 0) is 41.7 Å². The summed E-state index contributed by atoms with van der Waals surface area (Å²) in [4.78, 5) is 14.4. The fourth-order valence-electron chi connectivity index (χ4n) is 3.40. The number of benzene rings is 2. The Hall–Kier alpha value is -2.39. The maximum atomic E-state index is 12.0. The Morgan fingerprint density at radius 2 is 1.96 bits per heavy atom. The molecule has 2 aromatic carbocycles. The van der Waals surface area contributed by atoms with Crippen molar-refractivity contribution in [3.05, 3.63) is 77.4 Å². The molecule has 1 aliphatic heterocycles. The van der Waals surface area contributed by atoms with Gasteiger partial charge < -0.3 is 4.74 Å². The Balaban J connectivity index is 1.73. The third-order valence-electron chi connectivity index (χ3n) is 4.59. The van der Waals surface area contributed by atoms with E-state index in [0.717, 1.165) is 25.2 Å². The van der Waals surface area contributed by atoms with Crippen LogP contribution < -0.4 is 0 Å². The third kappa shape index (κ3) is 4.37. The summed E-state index contributed by atoms with van der Waals surface area (Å²) in [7, 11) is 0. The molecule has 0 aliphatic carbocycles. The minimum Gasteiger partial charge on any atom is -0.462 e. The molecule has 3 nitrogen and oxygen atoms in total. The van der Waals surface area contributed by atoms with Gasteiger partial charge in [-0.25, -0.2) is 4.79 Å². The smallest absolute Gasteiger partial charge is 0.338 e. The fraction of sp³-hybridized carbons (Fsp3) is 0.318. The standard InChI is InChI=1S/C22H25NO2/c1-3-25-22(24)20-11-7-10-19(14-20)21-12-13-23(15-17(21)2)16-18-8-5-4-6-9-18/h4-12,14,17H,3,13,15-16H2,1-2H3. The zero-order valence-electron chi connectivity index (χ0n) is 14.9. The Labute approximate surface area is 149 Å². The van der Waals surface area contributed by atoms with Gasteiger partial charge in [0.2, 0.25) is 0 Å². The van der Waals surface area contributed by atoms with Crippen molar-refractivity contribution >= 4 is 11.5 Å². The van der Waals surface area contributed by atoms with Crippen LogP contribution in [-0.4, -0.2) is 30.6 Å². The molecule has 1 heterocycles. The van der Waals surface area contributed by atoms with E-state index in [2.05, 4.69) is 54.3 Å². The molecule has 0 saturated heterocycles. The molecule has 0 fully saturated rings. The minimum atomic E-state index is -0.251. The van der Waals surface area contributed by atoms with Gasteiger partial charge in [0.05, 0.1) is 12.2 Å². The maximum Gasteiger partial charge on any atom is 0.338 e. The molecule has 0 saturated carbocycles. The molecule has 1 atom stereocenters. The van der Waals surface area contributed by atoms with Gasteiger partial charge in [-0.1, -0.05) is 55.5 Å². The SMILES string of the molecule is CCOC(=O)c1cccc(C2=CCN(Cc3ccccc3)CC2C)c1. The van der Waals surface area contributed by atoms with Gasteiger partial charge in [0, 0.05) is 19.6 Å². The molecule has 130 valence electrons. The van der Waals surface area contributed by atoms with Crippen LogP contribution >= 0.6 is 0 Å². The predicted octanol–water partition coefficient (Wildman–Crippen LogP) is 4.40. The van der Waals surface area contributed by atoms with E-state index in [0.29, 0.717) is 18.1 Å². The average molecular weight is 335 g/mol. The van der Waals surface area contributed by atoms with Crippen molar-refractivity contribution in [2.24, 2.45) is 5.92 Å². The van der Waals surface area contributed by atoms with Crippen LogP contribution in [0, 0.1) is 5.92 Å². The van der Waals surface area contributed by atoms with E-state index >= 15 is 0 Å². The molecular weight excluding hydrogens is 310 g/mol. The van der Waals surface area contributed by atoms with Gasteiger partial charge in [-0.2, -0.15) is 0 Å². The van der Waals surface area contributed by atoms with Crippen molar-refractivity contribution in [1.29, 1.82) is 0 Å². The predicted molar refractivity (Wildman–Crippen MR) is 101 cm³/mol. The molecule has 25 heavy (non-hydrogen) atoms. The van der Waals surface area contributed by atoms with E-state index in [4.69, 9.17) is 4.74 Å². The van der Waals surface area contributed by atoms with Gasteiger partial charge in [-0.15, -0.1) is 0 Å². The first-order valence-corrected chi connectivity index (χ1v) is 8.91. The Morgan fingerprint density at radius 3 is 2.68 bits per heavy atom. The number of hydrogen-bond donors (Lipinski definition) is 0. The zero-order valence-corrected chi connectivity index (χ0v) is 14.9. The van der Waals surface area contributed by atoms with Crippen molar-refractivity contribution in [1.82, 2.24) is 4.90 Å². The molecule has 1 unspecified atom stereocenters. The summed E-state index contributed by atoms with van der Waals surface area (Å²) in [6, 6.07) is 18.4. The minimum absolute atomic E-state index is 0.251. The topological polar surface area (TPSA) is 29.5 Å². The van der Waals surface area contributed by atoms with Crippen LogP contribution in [0.25, 0.3) is 5.57 Å². The van der Waals surface area contributed by atoms with E-state index in [1.165, 1.54) is 11.1 Å². The summed E-state index contributed by atoms with van der Waals surface area (Å²) >= 11 is 0. The van der Waals surface area contributed by atoms with Crippen LogP contribution in [0.2, 0.25) is 0 Å². The molecule has 0 amide bonds. The molecule has 0 spiro atoms. The number of carbonyl (C=O) groups excluding carboxylic acids is 1. The molecular formula is C22H25NO2. The van der Waals surface area contributed by atoms with Crippen LogP contribution in [0.5, 0.6) is 0 Å². The highest BCUT2D eigenvalue weighted by Gasteiger charge is 2.21. The van der Waals surface area contributed by atoms with Gasteiger partial charge in [0.1, 0.15) is 0 Å². The molecule has 0 N–H and O–H groups in total. The first-order chi connectivity index (χ1) is 12.2. The second-order valence-corrected chi connectivity index (χ2v) is 6.54. The largest absolute Gasteiger partial charge is 0.462 e. The van der Waals surface area contributed by atoms with Crippen LogP contribution in [0.3, 0.4) is 0 Å². The third-order valence-corrected chi connectivity index (χ3v) is 4.59. The van der Waals surface area contributed by atoms with E-state index in [-0.39, 0.29) is 5.97 Å².